The van der Waals surface area contributed by atoms with E-state index < -0.39 is 17.7 Å². The van der Waals surface area contributed by atoms with Gasteiger partial charge in [0.05, 0.1) is 18.9 Å². The first-order chi connectivity index (χ1) is 16.1. The van der Waals surface area contributed by atoms with Gasteiger partial charge in [0.1, 0.15) is 23.3 Å². The minimum atomic E-state index is -0.947. The number of aliphatic hydroxyl groups is 1. The summed E-state index contributed by atoms with van der Waals surface area (Å²) in [6.45, 7) is 7.70. The molecule has 0 radical (unpaired) electrons. The van der Waals surface area contributed by atoms with Gasteiger partial charge in [-0.05, 0) is 72.9 Å². The molecule has 0 bridgehead atoms. The Morgan fingerprint density at radius 2 is 1.85 bits per heavy atom. The lowest BCUT2D eigenvalue weighted by atomic mass is 9.92. The van der Waals surface area contributed by atoms with Gasteiger partial charge in [0.15, 0.2) is 0 Å². The number of furan rings is 1. The number of carbonyl (C=O) groups excluding carboxylic acids is 2. The van der Waals surface area contributed by atoms with Crippen molar-refractivity contribution in [3.8, 4) is 5.75 Å². The number of rotatable bonds is 5. The second kappa shape index (κ2) is 9.03. The highest BCUT2D eigenvalue weighted by molar-refractivity contribution is 6.51. The molecule has 1 amide bonds. The van der Waals surface area contributed by atoms with Crippen LogP contribution in [0, 0.1) is 13.8 Å². The van der Waals surface area contributed by atoms with Crippen molar-refractivity contribution in [2.24, 2.45) is 0 Å². The van der Waals surface area contributed by atoms with Crippen molar-refractivity contribution in [1.29, 1.82) is 0 Å². The number of benzene rings is 2. The van der Waals surface area contributed by atoms with Crippen LogP contribution >= 0.6 is 11.6 Å². The molecule has 6 nitrogen and oxygen atoms in total. The number of ether oxygens (including phenoxy) is 1. The van der Waals surface area contributed by atoms with Gasteiger partial charge in [-0.1, -0.05) is 31.5 Å². The summed E-state index contributed by atoms with van der Waals surface area (Å²) in [5.74, 6) is -0.660. The van der Waals surface area contributed by atoms with Crippen molar-refractivity contribution in [1.82, 2.24) is 0 Å². The maximum absolute atomic E-state index is 13.3. The Labute approximate surface area is 203 Å². The molecule has 176 valence electrons. The van der Waals surface area contributed by atoms with E-state index in [1.165, 1.54) is 11.2 Å². The second-order valence-electron chi connectivity index (χ2n) is 8.68. The molecule has 1 aliphatic heterocycles. The summed E-state index contributed by atoms with van der Waals surface area (Å²) < 4.78 is 11.1. The number of carbonyl (C=O) groups is 2. The van der Waals surface area contributed by atoms with E-state index >= 15 is 0 Å². The molecule has 0 aliphatic carbocycles. The van der Waals surface area contributed by atoms with Gasteiger partial charge in [-0.15, -0.1) is 0 Å². The summed E-state index contributed by atoms with van der Waals surface area (Å²) in [5.41, 5.74) is 3.28. The number of Topliss-reactive ketones (excluding diaryl/α,β-unsaturated/α-hetero) is 1. The quantitative estimate of drug-likeness (QED) is 0.263. The molecule has 1 saturated heterocycles. The van der Waals surface area contributed by atoms with Gasteiger partial charge in [-0.25, -0.2) is 0 Å². The Bertz CT molecular complexity index is 1310. The number of halogens is 1. The van der Waals surface area contributed by atoms with Crippen molar-refractivity contribution in [2.75, 3.05) is 12.0 Å². The van der Waals surface area contributed by atoms with Crippen LogP contribution in [-0.4, -0.2) is 23.9 Å². The molecule has 0 spiro atoms. The normalized spacial score (nSPS) is 17.6. The molecule has 34 heavy (non-hydrogen) atoms. The van der Waals surface area contributed by atoms with Gasteiger partial charge in [-0.2, -0.15) is 0 Å². The summed E-state index contributed by atoms with van der Waals surface area (Å²) in [6.07, 6.45) is 1.47. The largest absolute Gasteiger partial charge is 0.507 e. The predicted molar refractivity (Wildman–Crippen MR) is 131 cm³/mol. The van der Waals surface area contributed by atoms with Crippen LogP contribution in [0.3, 0.4) is 0 Å². The Balaban J connectivity index is 1.96. The third kappa shape index (κ3) is 3.88. The summed E-state index contributed by atoms with van der Waals surface area (Å²) in [6, 6.07) is 11.2. The maximum atomic E-state index is 13.3. The van der Waals surface area contributed by atoms with Crippen molar-refractivity contribution in [3.05, 3.63) is 87.3 Å². The zero-order valence-corrected chi connectivity index (χ0v) is 20.4. The fraction of sp³-hybridized carbons (Fsp3) is 0.259. The molecular weight excluding hydrogens is 454 g/mol. The SMILES string of the molecule is COc1cc(C)c(/C(O)=C2\C(=O)C(=O)N(c3ccc(C)c(Cl)c3)C2c2ccco2)cc1C(C)C. The lowest BCUT2D eigenvalue weighted by molar-refractivity contribution is -0.132. The first-order valence-corrected chi connectivity index (χ1v) is 11.3. The maximum Gasteiger partial charge on any atom is 0.300 e. The van der Waals surface area contributed by atoms with Crippen LogP contribution in [0.25, 0.3) is 5.76 Å². The van der Waals surface area contributed by atoms with Crippen molar-refractivity contribution in [2.45, 2.75) is 39.7 Å². The molecule has 0 saturated carbocycles. The minimum absolute atomic E-state index is 0.0420. The molecule has 1 aliphatic rings. The Morgan fingerprint density at radius 3 is 2.44 bits per heavy atom. The van der Waals surface area contributed by atoms with E-state index in [2.05, 4.69) is 0 Å². The van der Waals surface area contributed by atoms with Crippen molar-refractivity contribution >= 4 is 34.7 Å². The number of amides is 1. The molecule has 1 unspecified atom stereocenters. The molecule has 7 heteroatoms. The molecule has 1 N–H and O–H groups in total. The third-order valence-electron chi connectivity index (χ3n) is 6.14. The van der Waals surface area contributed by atoms with Crippen molar-refractivity contribution in [3.63, 3.8) is 0 Å². The van der Waals surface area contributed by atoms with Gasteiger partial charge in [-0.3, -0.25) is 14.5 Å². The van der Waals surface area contributed by atoms with Gasteiger partial charge < -0.3 is 14.3 Å². The molecule has 1 fully saturated rings. The first kappa shape index (κ1) is 23.6. The minimum Gasteiger partial charge on any atom is -0.507 e. The summed E-state index contributed by atoms with van der Waals surface area (Å²) in [5, 5.41) is 11.9. The number of nitrogens with zero attached hydrogens (tertiary/aromatic N) is 1. The number of hydrogen-bond donors (Lipinski definition) is 1. The van der Waals surface area contributed by atoms with Crippen LogP contribution in [0.15, 0.2) is 58.7 Å². The predicted octanol–water partition coefficient (Wildman–Crippen LogP) is 6.31. The second-order valence-corrected chi connectivity index (χ2v) is 9.09. The van der Waals surface area contributed by atoms with Crippen LogP contribution in [0.2, 0.25) is 5.02 Å². The number of ketones is 1. The van der Waals surface area contributed by atoms with Gasteiger partial charge in [0.25, 0.3) is 11.7 Å². The highest BCUT2D eigenvalue weighted by atomic mass is 35.5. The fourth-order valence-electron chi connectivity index (χ4n) is 4.27. The molecular formula is C27H26ClNO5. The number of anilines is 1. The fourth-order valence-corrected chi connectivity index (χ4v) is 4.45. The Morgan fingerprint density at radius 1 is 1.12 bits per heavy atom. The Kier molecular flexibility index (Phi) is 6.28. The average Bonchev–Trinajstić information content (AvgIpc) is 3.42. The highest BCUT2D eigenvalue weighted by Gasteiger charge is 2.48. The molecule has 1 aromatic heterocycles. The lowest BCUT2D eigenvalue weighted by Crippen LogP contribution is -2.29. The topological polar surface area (TPSA) is 80.0 Å². The summed E-state index contributed by atoms with van der Waals surface area (Å²) >= 11 is 6.32. The van der Waals surface area contributed by atoms with E-state index in [0.717, 1.165) is 11.1 Å². The zero-order chi connectivity index (χ0) is 24.7. The highest BCUT2D eigenvalue weighted by Crippen LogP contribution is 2.44. The Hall–Kier alpha value is -3.51. The summed E-state index contributed by atoms with van der Waals surface area (Å²) in [4.78, 5) is 27.9. The molecule has 3 aromatic rings. The van der Waals surface area contributed by atoms with Gasteiger partial charge in [0.2, 0.25) is 0 Å². The average molecular weight is 480 g/mol. The molecule has 2 heterocycles. The van der Waals surface area contributed by atoms with Crippen LogP contribution < -0.4 is 9.64 Å². The van der Waals surface area contributed by atoms with E-state index in [0.29, 0.717) is 33.3 Å². The van der Waals surface area contributed by atoms with Gasteiger partial charge >= 0.3 is 0 Å². The van der Waals surface area contributed by atoms with Crippen LogP contribution in [0.1, 0.15) is 53.8 Å². The number of aryl methyl sites for hydroxylation is 2. The van der Waals surface area contributed by atoms with E-state index in [4.69, 9.17) is 20.8 Å². The van der Waals surface area contributed by atoms with Crippen LogP contribution in [0.4, 0.5) is 5.69 Å². The van der Waals surface area contributed by atoms with E-state index in [9.17, 15) is 14.7 Å². The number of aliphatic hydroxyl groups excluding tert-OH is 1. The smallest absolute Gasteiger partial charge is 0.300 e. The number of methoxy groups -OCH3 is 1. The van der Waals surface area contributed by atoms with Crippen molar-refractivity contribution < 1.29 is 23.8 Å². The molecule has 2 aromatic carbocycles. The molecule has 1 atom stereocenters. The number of hydrogen-bond acceptors (Lipinski definition) is 5. The van der Waals surface area contributed by atoms with E-state index in [1.807, 2.05) is 39.8 Å². The van der Waals surface area contributed by atoms with Crippen LogP contribution in [-0.2, 0) is 9.59 Å². The summed E-state index contributed by atoms with van der Waals surface area (Å²) in [7, 11) is 1.59. The van der Waals surface area contributed by atoms with E-state index in [1.54, 1.807) is 37.4 Å². The first-order valence-electron chi connectivity index (χ1n) is 10.9. The third-order valence-corrected chi connectivity index (χ3v) is 6.55. The van der Waals surface area contributed by atoms with Crippen LogP contribution in [0.5, 0.6) is 5.75 Å². The standard InChI is InChI=1S/C27H26ClNO5/c1-14(2)18-13-19(16(4)11-22(18)33-5)25(30)23-24(21-7-6-10-34-21)29(27(32)26(23)31)17-9-8-15(3)20(28)12-17/h6-14,24,30H,1-5H3/b25-23+. The molecule has 4 rings (SSSR count). The van der Waals surface area contributed by atoms with E-state index in [-0.39, 0.29) is 17.3 Å². The lowest BCUT2D eigenvalue weighted by Gasteiger charge is -2.24. The monoisotopic (exact) mass is 479 g/mol. The zero-order valence-electron chi connectivity index (χ0n) is 19.7. The van der Waals surface area contributed by atoms with Gasteiger partial charge in [0, 0.05) is 16.3 Å².